The van der Waals surface area contributed by atoms with Crippen LogP contribution in [0.1, 0.15) is 19.2 Å². The summed E-state index contributed by atoms with van der Waals surface area (Å²) in [5, 5.41) is 10.9. The van der Waals surface area contributed by atoms with Gasteiger partial charge >= 0.3 is 5.69 Å². The number of hydrogen-bond acceptors (Lipinski definition) is 5. The summed E-state index contributed by atoms with van der Waals surface area (Å²) in [4.78, 5) is 18.6. The van der Waals surface area contributed by atoms with Crippen molar-refractivity contribution in [2.75, 3.05) is 0 Å². The van der Waals surface area contributed by atoms with Crippen LogP contribution in [0.3, 0.4) is 0 Å². The predicted molar refractivity (Wildman–Crippen MR) is 76.9 cm³/mol. The summed E-state index contributed by atoms with van der Waals surface area (Å²) in [5.41, 5.74) is -0.330. The summed E-state index contributed by atoms with van der Waals surface area (Å²) >= 11 is 3.22. The monoisotopic (exact) mass is 355 g/mol. The lowest BCUT2D eigenvalue weighted by Gasteiger charge is -2.07. The van der Waals surface area contributed by atoms with Crippen molar-refractivity contribution in [3.8, 4) is 11.6 Å². The normalized spacial score (nSPS) is 10.4. The third kappa shape index (κ3) is 3.94. The SMILES string of the molecule is CCCc1nc(Br)cc(Oc2cc(F)ccc2[N+](=O)[O-])n1. The molecule has 2 rings (SSSR count). The van der Waals surface area contributed by atoms with Gasteiger partial charge in [-0.05, 0) is 28.4 Å². The van der Waals surface area contributed by atoms with E-state index < -0.39 is 10.7 Å². The minimum absolute atomic E-state index is 0.119. The van der Waals surface area contributed by atoms with Crippen molar-refractivity contribution < 1.29 is 14.1 Å². The fraction of sp³-hybridized carbons (Fsp3) is 0.231. The Balaban J connectivity index is 2.37. The van der Waals surface area contributed by atoms with Crippen molar-refractivity contribution in [2.24, 2.45) is 0 Å². The smallest absolute Gasteiger partial charge is 0.311 e. The summed E-state index contributed by atoms with van der Waals surface area (Å²) < 4.78 is 19.1. The van der Waals surface area contributed by atoms with Crippen LogP contribution >= 0.6 is 15.9 Å². The molecule has 0 bridgehead atoms. The van der Waals surface area contributed by atoms with E-state index >= 15 is 0 Å². The van der Waals surface area contributed by atoms with Crippen molar-refractivity contribution in [1.29, 1.82) is 0 Å². The number of ether oxygens (including phenoxy) is 1. The minimum atomic E-state index is -0.641. The number of aryl methyl sites for hydroxylation is 1. The molecule has 0 aliphatic carbocycles. The third-order valence-corrected chi connectivity index (χ3v) is 2.93. The fourth-order valence-corrected chi connectivity index (χ4v) is 2.06. The maximum Gasteiger partial charge on any atom is 0.311 e. The molecule has 0 amide bonds. The molecule has 6 nitrogen and oxygen atoms in total. The molecule has 1 aromatic carbocycles. The second-order valence-electron chi connectivity index (χ2n) is 4.17. The highest BCUT2D eigenvalue weighted by molar-refractivity contribution is 9.10. The molecule has 0 atom stereocenters. The number of nitro groups is 1. The lowest BCUT2D eigenvalue weighted by Crippen LogP contribution is -1.99. The number of rotatable bonds is 5. The van der Waals surface area contributed by atoms with Gasteiger partial charge in [-0.1, -0.05) is 6.92 Å². The van der Waals surface area contributed by atoms with Crippen LogP contribution in [0.15, 0.2) is 28.9 Å². The third-order valence-electron chi connectivity index (χ3n) is 2.52. The molecule has 0 aliphatic rings. The first-order valence-electron chi connectivity index (χ1n) is 6.15. The van der Waals surface area contributed by atoms with Crippen LogP contribution in [-0.4, -0.2) is 14.9 Å². The van der Waals surface area contributed by atoms with Gasteiger partial charge < -0.3 is 4.74 Å². The summed E-state index contributed by atoms with van der Waals surface area (Å²) in [5.74, 6) is -0.166. The van der Waals surface area contributed by atoms with Gasteiger partial charge in [0, 0.05) is 24.6 Å². The topological polar surface area (TPSA) is 78.2 Å². The molecule has 1 heterocycles. The van der Waals surface area contributed by atoms with Gasteiger partial charge in [0.15, 0.2) is 0 Å². The van der Waals surface area contributed by atoms with Gasteiger partial charge in [0.2, 0.25) is 11.6 Å². The van der Waals surface area contributed by atoms with Gasteiger partial charge in [0.1, 0.15) is 16.2 Å². The average molecular weight is 356 g/mol. The predicted octanol–water partition coefficient (Wildman–Crippen LogP) is 4.03. The van der Waals surface area contributed by atoms with Gasteiger partial charge in [-0.3, -0.25) is 10.1 Å². The van der Waals surface area contributed by atoms with E-state index in [4.69, 9.17) is 4.74 Å². The van der Waals surface area contributed by atoms with Crippen LogP contribution in [0.4, 0.5) is 10.1 Å². The van der Waals surface area contributed by atoms with E-state index in [-0.39, 0.29) is 17.3 Å². The van der Waals surface area contributed by atoms with Crippen LogP contribution in [0, 0.1) is 15.9 Å². The number of aromatic nitrogens is 2. The minimum Gasteiger partial charge on any atom is -0.432 e. The molecule has 0 unspecified atom stereocenters. The first-order valence-corrected chi connectivity index (χ1v) is 6.94. The average Bonchev–Trinajstić information content (AvgIpc) is 2.38. The van der Waals surface area contributed by atoms with Crippen LogP contribution < -0.4 is 4.74 Å². The molecule has 0 saturated heterocycles. The summed E-state index contributed by atoms with van der Waals surface area (Å²) in [7, 11) is 0. The Morgan fingerprint density at radius 3 is 2.81 bits per heavy atom. The number of nitrogens with zero attached hydrogens (tertiary/aromatic N) is 3. The van der Waals surface area contributed by atoms with Crippen molar-refractivity contribution in [3.63, 3.8) is 0 Å². The van der Waals surface area contributed by atoms with Crippen LogP contribution in [-0.2, 0) is 6.42 Å². The number of hydrogen-bond donors (Lipinski definition) is 0. The van der Waals surface area contributed by atoms with E-state index in [1.807, 2.05) is 6.92 Å². The zero-order chi connectivity index (χ0) is 15.4. The summed E-state index contributed by atoms with van der Waals surface area (Å²) in [6.45, 7) is 1.97. The Morgan fingerprint density at radius 2 is 2.14 bits per heavy atom. The van der Waals surface area contributed by atoms with Crippen LogP contribution in [0.25, 0.3) is 0 Å². The molecule has 0 aliphatic heterocycles. The largest absolute Gasteiger partial charge is 0.432 e. The lowest BCUT2D eigenvalue weighted by atomic mass is 10.3. The molecular formula is C13H11BrFN3O3. The van der Waals surface area contributed by atoms with E-state index in [0.29, 0.717) is 16.8 Å². The Bertz CT molecular complexity index is 682. The molecule has 0 saturated carbocycles. The number of halogens is 2. The molecule has 0 spiro atoms. The highest BCUT2D eigenvalue weighted by Crippen LogP contribution is 2.31. The summed E-state index contributed by atoms with van der Waals surface area (Å²) in [6.07, 6.45) is 1.48. The zero-order valence-corrected chi connectivity index (χ0v) is 12.6. The molecule has 0 radical (unpaired) electrons. The number of nitro benzene ring substituents is 1. The van der Waals surface area contributed by atoms with Gasteiger partial charge in [-0.2, -0.15) is 4.98 Å². The van der Waals surface area contributed by atoms with Crippen molar-refractivity contribution >= 4 is 21.6 Å². The number of benzene rings is 1. The molecule has 8 heteroatoms. The van der Waals surface area contributed by atoms with Crippen molar-refractivity contribution in [3.05, 3.63) is 50.6 Å². The molecule has 110 valence electrons. The fourth-order valence-electron chi connectivity index (χ4n) is 1.66. The second kappa shape index (κ2) is 6.57. The molecule has 0 N–H and O–H groups in total. The van der Waals surface area contributed by atoms with Gasteiger partial charge in [0.05, 0.1) is 4.92 Å². The summed E-state index contributed by atoms with van der Waals surface area (Å²) in [6, 6.07) is 4.47. The van der Waals surface area contributed by atoms with Gasteiger partial charge in [-0.25, -0.2) is 9.37 Å². The Morgan fingerprint density at radius 1 is 1.38 bits per heavy atom. The van der Waals surface area contributed by atoms with Crippen LogP contribution in [0.2, 0.25) is 0 Å². The Kier molecular flexibility index (Phi) is 4.79. The van der Waals surface area contributed by atoms with E-state index in [9.17, 15) is 14.5 Å². The quantitative estimate of drug-likeness (QED) is 0.459. The van der Waals surface area contributed by atoms with E-state index in [0.717, 1.165) is 24.6 Å². The molecule has 1 aromatic heterocycles. The van der Waals surface area contributed by atoms with E-state index in [1.54, 1.807) is 0 Å². The Hall–Kier alpha value is -2.09. The van der Waals surface area contributed by atoms with Crippen LogP contribution in [0.5, 0.6) is 11.6 Å². The molecular weight excluding hydrogens is 345 g/mol. The molecule has 0 fully saturated rings. The van der Waals surface area contributed by atoms with E-state index in [2.05, 4.69) is 25.9 Å². The highest BCUT2D eigenvalue weighted by atomic mass is 79.9. The first-order chi connectivity index (χ1) is 9.99. The molecule has 21 heavy (non-hydrogen) atoms. The maximum atomic E-state index is 13.2. The van der Waals surface area contributed by atoms with Gasteiger partial charge in [-0.15, -0.1) is 0 Å². The maximum absolute atomic E-state index is 13.2. The lowest BCUT2D eigenvalue weighted by molar-refractivity contribution is -0.385. The Labute approximate surface area is 128 Å². The van der Waals surface area contributed by atoms with Gasteiger partial charge in [0.25, 0.3) is 0 Å². The standard InChI is InChI=1S/C13H11BrFN3O3/c1-2-3-12-16-11(14)7-13(17-12)21-10-6-8(15)4-5-9(10)18(19)20/h4-7H,2-3H2,1H3. The first kappa shape index (κ1) is 15.3. The highest BCUT2D eigenvalue weighted by Gasteiger charge is 2.17. The molecule has 2 aromatic rings. The second-order valence-corrected chi connectivity index (χ2v) is 4.98. The van der Waals surface area contributed by atoms with Crippen molar-refractivity contribution in [1.82, 2.24) is 9.97 Å². The van der Waals surface area contributed by atoms with Crippen molar-refractivity contribution in [2.45, 2.75) is 19.8 Å². The van der Waals surface area contributed by atoms with E-state index in [1.165, 1.54) is 6.07 Å². The zero-order valence-electron chi connectivity index (χ0n) is 11.0.